The number of hydrogen-bond donors (Lipinski definition) is 12. The van der Waals surface area contributed by atoms with Crippen LogP contribution < -0.4 is 80.7 Å². The Hall–Kier alpha value is -10.2. The van der Waals surface area contributed by atoms with Crippen molar-refractivity contribution in [3.63, 3.8) is 0 Å². The number of nitrogens with zero attached hydrogens (tertiary/aromatic N) is 2. The van der Waals surface area contributed by atoms with Gasteiger partial charge in [-0.3, -0.25) is 52.6 Å². The highest BCUT2D eigenvalue weighted by Crippen LogP contribution is 2.36. The number of nitrogens with one attached hydrogen (secondary N) is 6. The molecule has 27 nitrogen and oxygen atoms in total. The topological polar surface area (TPSA) is 412 Å². The van der Waals surface area contributed by atoms with Gasteiger partial charge in [0.15, 0.2) is 0 Å². The number of hydrogen-bond acceptors (Lipinski definition) is 20. The molecule has 2 aliphatic heterocycles. The van der Waals surface area contributed by atoms with Gasteiger partial charge >= 0.3 is 23.5 Å². The van der Waals surface area contributed by atoms with Gasteiger partial charge in [0.25, 0.3) is 22.9 Å². The molecule has 12 N–H and O–H groups in total. The number of unbranched alkanes of at least 4 members (excludes halogenated alkanes) is 6. The summed E-state index contributed by atoms with van der Waals surface area (Å²) >= 11 is 3.88. The van der Waals surface area contributed by atoms with Gasteiger partial charge in [0.2, 0.25) is 13.2 Å². The molecule has 2 aliphatic rings. The number of ether oxygens (including phenoxy) is 3. The number of aliphatic hydroxyl groups is 4. The highest BCUT2D eigenvalue weighted by molar-refractivity contribution is 7.80. The van der Waals surface area contributed by atoms with Gasteiger partial charge in [-0.25, -0.2) is 14.4 Å². The summed E-state index contributed by atoms with van der Waals surface area (Å²) in [5.41, 5.74) is 5.51. The number of thiol groups is 1. The van der Waals surface area contributed by atoms with E-state index in [2.05, 4.69) is 104 Å². The van der Waals surface area contributed by atoms with Crippen molar-refractivity contribution in [1.29, 1.82) is 1.43 Å². The van der Waals surface area contributed by atoms with E-state index in [1.165, 1.54) is 72.7 Å². The maximum Gasteiger partial charge on any atom is 0.373 e. The van der Waals surface area contributed by atoms with E-state index in [9.17, 15) is 58.5 Å². The number of nitrogens with two attached hydrogens (primary N) is 1. The van der Waals surface area contributed by atoms with Crippen molar-refractivity contribution in [2.24, 2.45) is 5.73 Å². The lowest BCUT2D eigenvalue weighted by Crippen LogP contribution is -2.33. The zero-order valence-corrected chi connectivity index (χ0v) is 63.2. The SMILES string of the molecule is C.C.COC(=O)c1ccc(C(=O)NCCCCCCNC(=O)/C=C/c2cn([C@H]3CC(O)[C@@H](CO)O3)c(=O)[nH]c2=O)cc1P(c1ccccc1)c1ccccc1.Cc1ccc(C(=O)NS)cc1P(c1ccccc1)c1ccccc1.O=C=O.[2H]OC[C@H]1O[C@@H](n2cc(/C=C/C(=O)NCCCCCCN)c(=O)[nH]c2=O)CC1O.[3H]C. The Labute approximate surface area is 655 Å². The number of esters is 1. The molecule has 4 amide bonds. The van der Waals surface area contributed by atoms with Crippen molar-refractivity contribution < 1.29 is 69.6 Å². The van der Waals surface area contributed by atoms with Gasteiger partial charge in [-0.15, -0.1) is 0 Å². The molecule has 0 spiro atoms. The smallest absolute Gasteiger partial charge is 0.373 e. The number of carbonyl (C=O) groups is 5. The Bertz CT molecular complexity index is 4560. The molecule has 8 aromatic rings. The van der Waals surface area contributed by atoms with Gasteiger partial charge in [0.05, 0.1) is 49.2 Å². The molecule has 2 fully saturated rings. The molecule has 0 saturated carbocycles. The summed E-state index contributed by atoms with van der Waals surface area (Å²) in [6.07, 6.45) is 9.70. The highest BCUT2D eigenvalue weighted by atomic mass is 32.1. The number of H-pyrrole nitrogens is 2. The van der Waals surface area contributed by atoms with Crippen molar-refractivity contribution in [2.45, 2.75) is 130 Å². The van der Waals surface area contributed by atoms with Crippen LogP contribution in [0.5, 0.6) is 0 Å². The third-order valence-electron chi connectivity index (χ3n) is 17.1. The fourth-order valence-electron chi connectivity index (χ4n) is 11.5. The zero-order valence-electron chi connectivity index (χ0n) is 62.5. The molecule has 2 aromatic heterocycles. The van der Waals surface area contributed by atoms with E-state index >= 15 is 0 Å². The number of rotatable bonds is 31. The predicted octanol–water partition coefficient (Wildman–Crippen LogP) is 5.32. The minimum atomic E-state index is -1.16. The number of aromatic nitrogens is 4. The lowest BCUT2D eigenvalue weighted by molar-refractivity contribution is -0.191. The summed E-state index contributed by atoms with van der Waals surface area (Å²) in [6.45, 7) is 3.58. The Balaban J connectivity index is 0.000000377. The van der Waals surface area contributed by atoms with E-state index in [-0.39, 0.29) is 69.3 Å². The first-order chi connectivity index (χ1) is 53.8. The summed E-state index contributed by atoms with van der Waals surface area (Å²) in [6, 6.07) is 51.7. The summed E-state index contributed by atoms with van der Waals surface area (Å²) in [5.74, 6) is -1.65. The van der Waals surface area contributed by atoms with Crippen molar-refractivity contribution in [2.75, 3.05) is 46.5 Å². The monoisotopic (exact) mass is 1580 g/mol. The molecule has 6 aromatic carbocycles. The number of aromatic amines is 2. The molecular formula is C81H101N9O18P2S. The summed E-state index contributed by atoms with van der Waals surface area (Å²) in [7, 11) is 0.715. The van der Waals surface area contributed by atoms with Crippen LogP contribution in [0, 0.1) is 6.92 Å². The number of methoxy groups -OCH3 is 1. The van der Waals surface area contributed by atoms with Crippen LogP contribution >= 0.6 is 28.7 Å². The zero-order chi connectivity index (χ0) is 80.6. The number of benzene rings is 6. The van der Waals surface area contributed by atoms with Gasteiger partial charge in [0, 0.05) is 74.8 Å². The summed E-state index contributed by atoms with van der Waals surface area (Å²) in [5, 5.41) is 48.5. The standard InChI is InChI=1S/C39H43N4O9P.C20H18NOPS.C18H28N4O6.CO2.3CH4/c1-51-38(49)30-18-16-26(22-33(30)53(28-12-6-4-7-13-28)29-14-8-5-9-15-29)36(47)41-21-11-3-2-10-20-40-34(46)19-17-27-24-43(39(50)42-37(27)48)35-23-31(45)32(25-44)52-35;1-15-12-13-16(20(22)21-24)14-19(15)23(17-8-4-2-5-9-17)18-10-6-3-7-11-18;19-7-3-1-2-4-8-20-15(25)6-5-12-10-22(18(27)21-17(12)26)16-9-13(24)14(11-23)28-16;2-1-3;;;/h4-9,12-19,22,24,31-32,35,44-45H,2-3,10-11,20-21,23,25H2,1H3,(H,40,46)(H,41,47)(H,42,48,50);2-14,24H,1H3,(H,21,22);5-6,10,13-14,16,23-24H,1-4,7-9,11,19H2,(H,20,25)(H,21,26,27);;3*1H4/b19-17+;;6-5+;;;;/t31?,32-,35-;;13?,14-,16-;;;;/m1.1..../s1/i;;23D;;1T;;. The summed E-state index contributed by atoms with van der Waals surface area (Å²) in [4.78, 5) is 132. The Kier molecular flexibility index (Phi) is 39.7. The Morgan fingerprint density at radius 2 is 0.991 bits per heavy atom. The molecule has 2 unspecified atom stereocenters. The highest BCUT2D eigenvalue weighted by Gasteiger charge is 2.37. The first-order valence-corrected chi connectivity index (χ1v) is 38.0. The molecule has 4 heterocycles. The Morgan fingerprint density at radius 1 is 0.604 bits per heavy atom. The third-order valence-corrected chi connectivity index (χ3v) is 22.4. The fourth-order valence-corrected chi connectivity index (χ4v) is 16.6. The molecule has 10 rings (SSSR count). The molecular weight excluding hydrogens is 1480 g/mol. The second kappa shape index (κ2) is 49.2. The average Bonchev–Trinajstić information content (AvgIpc) is 1.58. The van der Waals surface area contributed by atoms with Crippen LogP contribution in [0.2, 0.25) is 0 Å². The number of carbonyl (C=O) groups excluding carboxylic acids is 7. The van der Waals surface area contributed by atoms with E-state index in [0.717, 1.165) is 70.0 Å². The van der Waals surface area contributed by atoms with Gasteiger partial charge in [-0.1, -0.05) is 188 Å². The molecule has 6 atom stereocenters. The van der Waals surface area contributed by atoms with E-state index in [0.29, 0.717) is 49.3 Å². The molecule has 111 heavy (non-hydrogen) atoms. The molecule has 594 valence electrons. The van der Waals surface area contributed by atoms with E-state index < -0.39 is 93.7 Å². The second-order valence-electron chi connectivity index (χ2n) is 24.6. The van der Waals surface area contributed by atoms with Crippen molar-refractivity contribution in [3.05, 3.63) is 257 Å². The maximum absolute atomic E-state index is 13.2. The third kappa shape index (κ3) is 28.0. The molecule has 2 saturated heterocycles. The van der Waals surface area contributed by atoms with Crippen LogP contribution in [-0.4, -0.2) is 148 Å². The molecule has 0 aliphatic carbocycles. The van der Waals surface area contributed by atoms with Crippen molar-refractivity contribution >= 4 is 108 Å². The lowest BCUT2D eigenvalue weighted by atomic mass is 10.1. The predicted molar refractivity (Wildman–Crippen MR) is 436 cm³/mol. The van der Waals surface area contributed by atoms with E-state index in [1.54, 1.807) is 18.2 Å². The van der Waals surface area contributed by atoms with Crippen LogP contribution in [0.1, 0.15) is 148 Å². The van der Waals surface area contributed by atoms with Gasteiger partial charge in [-0.2, -0.15) is 9.59 Å². The van der Waals surface area contributed by atoms with E-state index in [1.807, 2.05) is 91.0 Å². The molecule has 0 bridgehead atoms. The quantitative estimate of drug-likeness (QED) is 0.00859. The van der Waals surface area contributed by atoms with E-state index in [4.69, 9.17) is 32.3 Å². The Morgan fingerprint density at radius 3 is 1.39 bits per heavy atom. The molecule has 0 radical (unpaired) electrons. The maximum atomic E-state index is 13.2. The van der Waals surface area contributed by atoms with Gasteiger partial charge in [0.1, 0.15) is 24.7 Å². The van der Waals surface area contributed by atoms with Crippen LogP contribution in [0.15, 0.2) is 201 Å². The number of aryl methyl sites for hydroxylation is 1. The summed E-state index contributed by atoms with van der Waals surface area (Å²) < 4.78 is 33.3. The van der Waals surface area contributed by atoms with Crippen LogP contribution in [-0.2, 0) is 33.4 Å². The fraction of sp³-hybridized carbons (Fsp3) is 0.333. The van der Waals surface area contributed by atoms with Crippen LogP contribution in [0.4, 0.5) is 0 Å². The minimum Gasteiger partial charge on any atom is -0.465 e. The second-order valence-corrected chi connectivity index (χ2v) is 29.2. The van der Waals surface area contributed by atoms with Crippen LogP contribution in [0.3, 0.4) is 0 Å². The lowest BCUT2D eigenvalue weighted by Gasteiger charge is -2.22. The average molecular weight is 1590 g/mol. The minimum absolute atomic E-state index is 0. The van der Waals surface area contributed by atoms with Crippen LogP contribution in [0.25, 0.3) is 12.2 Å². The molecule has 30 heteroatoms. The first-order valence-electron chi connectivity index (χ1n) is 36.2. The van der Waals surface area contributed by atoms with Crippen molar-refractivity contribution in [1.82, 2.24) is 39.8 Å². The first kappa shape index (κ1) is 89.7. The normalized spacial score (nSPS) is 16.2. The number of amides is 4. The van der Waals surface area contributed by atoms with Gasteiger partial charge in [-0.05, 0) is 130 Å². The number of aliphatic hydroxyl groups excluding tert-OH is 4. The van der Waals surface area contributed by atoms with Gasteiger partial charge < -0.3 is 56.3 Å². The largest absolute Gasteiger partial charge is 0.465 e. The van der Waals surface area contributed by atoms with Crippen molar-refractivity contribution in [3.8, 4) is 0 Å².